The van der Waals surface area contributed by atoms with Crippen LogP contribution < -0.4 is 4.72 Å². The van der Waals surface area contributed by atoms with Gasteiger partial charge in [-0.2, -0.15) is 0 Å². The summed E-state index contributed by atoms with van der Waals surface area (Å²) in [5.41, 5.74) is 0. The Hall–Kier alpha value is -0.0900. The molecule has 3 nitrogen and oxygen atoms in total. The molecule has 0 saturated heterocycles. The summed E-state index contributed by atoms with van der Waals surface area (Å²) in [7, 11) is -3.00. The van der Waals surface area contributed by atoms with E-state index in [4.69, 9.17) is 0 Å². The molecular formula is C12H23NO2S. The van der Waals surface area contributed by atoms with Crippen LogP contribution in [0.25, 0.3) is 0 Å². The number of rotatable bonds is 4. The lowest BCUT2D eigenvalue weighted by atomic mass is 9.78. The first-order valence-corrected chi connectivity index (χ1v) is 8.06. The maximum atomic E-state index is 11.9. The van der Waals surface area contributed by atoms with Gasteiger partial charge in [0.2, 0.25) is 10.0 Å². The molecule has 4 heteroatoms. The highest BCUT2D eigenvalue weighted by Gasteiger charge is 2.39. The van der Waals surface area contributed by atoms with Gasteiger partial charge in [0, 0.05) is 6.04 Å². The van der Waals surface area contributed by atoms with E-state index in [-0.39, 0.29) is 11.3 Å². The summed E-state index contributed by atoms with van der Waals surface area (Å²) in [6, 6.07) is 0.194. The largest absolute Gasteiger partial charge is 0.214 e. The molecule has 0 amide bonds. The fourth-order valence-electron chi connectivity index (χ4n) is 2.79. The van der Waals surface area contributed by atoms with Crippen molar-refractivity contribution >= 4 is 10.0 Å². The van der Waals surface area contributed by atoms with Crippen LogP contribution in [-0.2, 0) is 10.0 Å². The Labute approximate surface area is 99.1 Å². The minimum absolute atomic E-state index is 0.0813. The topological polar surface area (TPSA) is 46.2 Å². The van der Waals surface area contributed by atoms with Crippen molar-refractivity contribution in [2.45, 2.75) is 63.7 Å². The predicted molar refractivity (Wildman–Crippen MR) is 65.7 cm³/mol. The molecule has 94 valence electrons. The van der Waals surface area contributed by atoms with Crippen molar-refractivity contribution in [2.24, 2.45) is 11.8 Å². The Morgan fingerprint density at radius 2 is 1.69 bits per heavy atom. The van der Waals surface area contributed by atoms with E-state index in [0.29, 0.717) is 11.8 Å². The summed E-state index contributed by atoms with van der Waals surface area (Å²) < 4.78 is 26.8. The third kappa shape index (κ3) is 2.77. The Balaban J connectivity index is 2.00. The van der Waals surface area contributed by atoms with Gasteiger partial charge in [0.1, 0.15) is 0 Å². The summed E-state index contributed by atoms with van der Waals surface area (Å²) in [4.78, 5) is 0. The molecule has 0 aromatic heterocycles. The highest BCUT2D eigenvalue weighted by Crippen LogP contribution is 2.33. The molecule has 0 radical (unpaired) electrons. The van der Waals surface area contributed by atoms with Gasteiger partial charge in [-0.05, 0) is 37.5 Å². The van der Waals surface area contributed by atoms with E-state index in [1.165, 1.54) is 19.3 Å². The third-order valence-electron chi connectivity index (χ3n) is 3.95. The summed E-state index contributed by atoms with van der Waals surface area (Å²) in [6.45, 7) is 4.41. The monoisotopic (exact) mass is 245 g/mol. The molecule has 2 aliphatic rings. The molecule has 2 saturated carbocycles. The smallest absolute Gasteiger partial charge is 0.212 e. The van der Waals surface area contributed by atoms with E-state index in [1.807, 2.05) is 0 Å². The van der Waals surface area contributed by atoms with Crippen LogP contribution in [0.3, 0.4) is 0 Å². The Bertz CT molecular complexity index is 333. The molecule has 2 fully saturated rings. The van der Waals surface area contributed by atoms with Gasteiger partial charge in [-0.25, -0.2) is 13.1 Å². The SMILES string of the molecule is CC(C)[C@@H]1CCCC[C@H]1NS(=O)(=O)C1CC1. The lowest BCUT2D eigenvalue weighted by Gasteiger charge is -2.34. The minimum Gasteiger partial charge on any atom is -0.212 e. The van der Waals surface area contributed by atoms with Gasteiger partial charge in [0.25, 0.3) is 0 Å². The first kappa shape index (κ1) is 12.4. The van der Waals surface area contributed by atoms with Crippen molar-refractivity contribution < 1.29 is 8.42 Å². The van der Waals surface area contributed by atoms with Gasteiger partial charge in [-0.15, -0.1) is 0 Å². The first-order valence-electron chi connectivity index (χ1n) is 6.52. The van der Waals surface area contributed by atoms with Crippen LogP contribution >= 0.6 is 0 Å². The molecule has 2 atom stereocenters. The second-order valence-corrected chi connectivity index (χ2v) is 7.65. The molecule has 0 aromatic carbocycles. The molecule has 0 heterocycles. The van der Waals surface area contributed by atoms with Gasteiger partial charge in [-0.3, -0.25) is 0 Å². The van der Waals surface area contributed by atoms with Crippen molar-refractivity contribution in [3.8, 4) is 0 Å². The minimum atomic E-state index is -3.00. The zero-order valence-electron chi connectivity index (χ0n) is 10.3. The molecule has 1 N–H and O–H groups in total. The first-order chi connectivity index (χ1) is 7.50. The number of sulfonamides is 1. The van der Waals surface area contributed by atoms with Gasteiger partial charge in [-0.1, -0.05) is 26.7 Å². The Morgan fingerprint density at radius 3 is 2.25 bits per heavy atom. The summed E-state index contributed by atoms with van der Waals surface area (Å²) in [5, 5.41) is -0.0813. The summed E-state index contributed by atoms with van der Waals surface area (Å²) in [6.07, 6.45) is 6.33. The van der Waals surface area contributed by atoms with Crippen LogP contribution in [0.2, 0.25) is 0 Å². The molecule has 0 unspecified atom stereocenters. The van der Waals surface area contributed by atoms with Gasteiger partial charge < -0.3 is 0 Å². The molecule has 0 bridgehead atoms. The zero-order valence-corrected chi connectivity index (χ0v) is 11.1. The quantitative estimate of drug-likeness (QED) is 0.826. The second-order valence-electron chi connectivity index (χ2n) is 5.66. The average molecular weight is 245 g/mol. The van der Waals surface area contributed by atoms with E-state index in [9.17, 15) is 8.42 Å². The Morgan fingerprint density at radius 1 is 1.06 bits per heavy atom. The average Bonchev–Trinajstić information content (AvgIpc) is 3.00. The van der Waals surface area contributed by atoms with Crippen LogP contribution in [-0.4, -0.2) is 19.7 Å². The fraction of sp³-hybridized carbons (Fsp3) is 1.00. The zero-order chi connectivity index (χ0) is 11.8. The molecule has 2 aliphatic carbocycles. The molecule has 0 aromatic rings. The number of hydrogen-bond donors (Lipinski definition) is 1. The van der Waals surface area contributed by atoms with Crippen molar-refractivity contribution in [1.29, 1.82) is 0 Å². The maximum Gasteiger partial charge on any atom is 0.214 e. The van der Waals surface area contributed by atoms with Crippen LogP contribution in [0.15, 0.2) is 0 Å². The highest BCUT2D eigenvalue weighted by molar-refractivity contribution is 7.90. The summed E-state index contributed by atoms with van der Waals surface area (Å²) in [5.74, 6) is 1.11. The van der Waals surface area contributed by atoms with Crippen molar-refractivity contribution in [1.82, 2.24) is 4.72 Å². The highest BCUT2D eigenvalue weighted by atomic mass is 32.2. The van der Waals surface area contributed by atoms with E-state index < -0.39 is 10.0 Å². The van der Waals surface area contributed by atoms with E-state index >= 15 is 0 Å². The van der Waals surface area contributed by atoms with Gasteiger partial charge >= 0.3 is 0 Å². The van der Waals surface area contributed by atoms with Gasteiger partial charge in [0.05, 0.1) is 5.25 Å². The second kappa shape index (κ2) is 4.65. The lowest BCUT2D eigenvalue weighted by Crippen LogP contribution is -2.45. The lowest BCUT2D eigenvalue weighted by molar-refractivity contribution is 0.226. The van der Waals surface area contributed by atoms with Gasteiger partial charge in [0.15, 0.2) is 0 Å². The number of nitrogens with one attached hydrogen (secondary N) is 1. The van der Waals surface area contributed by atoms with E-state index in [1.54, 1.807) is 0 Å². The van der Waals surface area contributed by atoms with Crippen LogP contribution in [0, 0.1) is 11.8 Å². The molecule has 2 rings (SSSR count). The van der Waals surface area contributed by atoms with E-state index in [0.717, 1.165) is 19.3 Å². The molecule has 0 aliphatic heterocycles. The van der Waals surface area contributed by atoms with Crippen molar-refractivity contribution in [3.63, 3.8) is 0 Å². The molecule has 0 spiro atoms. The van der Waals surface area contributed by atoms with Crippen LogP contribution in [0.5, 0.6) is 0 Å². The summed E-state index contributed by atoms with van der Waals surface area (Å²) >= 11 is 0. The standard InChI is InChI=1S/C12H23NO2S/c1-9(2)11-5-3-4-6-12(11)13-16(14,15)10-7-8-10/h9-13H,3-8H2,1-2H3/t11-,12+/m0/s1. The predicted octanol–water partition coefficient (Wildman–Crippen LogP) is 2.28. The number of hydrogen-bond acceptors (Lipinski definition) is 2. The third-order valence-corrected chi connectivity index (χ3v) is 5.93. The van der Waals surface area contributed by atoms with E-state index in [2.05, 4.69) is 18.6 Å². The van der Waals surface area contributed by atoms with Crippen molar-refractivity contribution in [2.75, 3.05) is 0 Å². The van der Waals surface area contributed by atoms with Crippen LogP contribution in [0.1, 0.15) is 52.4 Å². The molecule has 16 heavy (non-hydrogen) atoms. The van der Waals surface area contributed by atoms with Crippen LogP contribution in [0.4, 0.5) is 0 Å². The Kier molecular flexibility index (Phi) is 3.59. The fourth-order valence-corrected chi connectivity index (χ4v) is 4.45. The maximum absolute atomic E-state index is 11.9. The normalized spacial score (nSPS) is 31.9. The molecular weight excluding hydrogens is 222 g/mol. The van der Waals surface area contributed by atoms with Crippen molar-refractivity contribution in [3.05, 3.63) is 0 Å².